The third-order valence-electron chi connectivity index (χ3n) is 4.45. The zero-order chi connectivity index (χ0) is 13.4. The minimum Gasteiger partial charge on any atom is -0.394 e. The molecule has 1 heterocycles. The summed E-state index contributed by atoms with van der Waals surface area (Å²) < 4.78 is 0. The van der Waals surface area contributed by atoms with Gasteiger partial charge < -0.3 is 5.11 Å². The molecule has 0 bridgehead atoms. The number of aliphatic hydroxyl groups excluding tert-OH is 1. The number of carbonyl (C=O) groups excluding carboxylic acids is 2. The van der Waals surface area contributed by atoms with Crippen LogP contribution < -0.4 is 0 Å². The Hall–Kier alpha value is -0.900. The van der Waals surface area contributed by atoms with Gasteiger partial charge in [-0.1, -0.05) is 25.7 Å². The average Bonchev–Trinajstić information content (AvgIpc) is 2.49. The minimum absolute atomic E-state index is 0.0477. The second kappa shape index (κ2) is 4.65. The fourth-order valence-corrected chi connectivity index (χ4v) is 3.27. The van der Waals surface area contributed by atoms with Gasteiger partial charge in [-0.05, 0) is 26.7 Å². The molecular formula is C14H23NO3. The zero-order valence-electron chi connectivity index (χ0n) is 11.4. The van der Waals surface area contributed by atoms with Gasteiger partial charge in [-0.15, -0.1) is 0 Å². The first-order valence-electron chi connectivity index (χ1n) is 6.91. The van der Waals surface area contributed by atoms with Crippen LogP contribution in [0.15, 0.2) is 0 Å². The van der Waals surface area contributed by atoms with E-state index < -0.39 is 11.0 Å². The Bertz CT molecular complexity index is 354. The van der Waals surface area contributed by atoms with Crippen molar-refractivity contribution >= 4 is 11.8 Å². The zero-order valence-corrected chi connectivity index (χ0v) is 11.4. The van der Waals surface area contributed by atoms with E-state index in [2.05, 4.69) is 0 Å². The fraction of sp³-hybridized carbons (Fsp3) is 0.857. The van der Waals surface area contributed by atoms with Crippen LogP contribution in [0, 0.1) is 5.41 Å². The van der Waals surface area contributed by atoms with E-state index in [0.717, 1.165) is 38.5 Å². The molecule has 4 heteroatoms. The molecule has 1 saturated heterocycles. The summed E-state index contributed by atoms with van der Waals surface area (Å²) in [5, 5.41) is 9.39. The van der Waals surface area contributed by atoms with Gasteiger partial charge in [0.1, 0.15) is 0 Å². The SMILES string of the molecule is CC(C)(CO)N1C(=O)CC2(CCCCCC2)C1=O. The number of nitrogens with zero attached hydrogens (tertiary/aromatic N) is 1. The average molecular weight is 253 g/mol. The summed E-state index contributed by atoms with van der Waals surface area (Å²) in [5.41, 5.74) is -1.23. The summed E-state index contributed by atoms with van der Waals surface area (Å²) in [5.74, 6) is -0.158. The number of hydrogen-bond donors (Lipinski definition) is 1. The molecule has 1 spiro atoms. The van der Waals surface area contributed by atoms with Crippen molar-refractivity contribution in [1.29, 1.82) is 0 Å². The number of likely N-dealkylation sites (tertiary alicyclic amines) is 1. The third-order valence-corrected chi connectivity index (χ3v) is 4.45. The third kappa shape index (κ3) is 2.07. The van der Waals surface area contributed by atoms with Crippen LogP contribution in [0.5, 0.6) is 0 Å². The first kappa shape index (κ1) is 13.5. The summed E-state index contributed by atoms with van der Waals surface area (Å²) in [6, 6.07) is 0. The molecule has 18 heavy (non-hydrogen) atoms. The standard InChI is InChI=1S/C14H23NO3/c1-13(2,10-16)15-11(17)9-14(12(15)18)7-5-3-4-6-8-14/h16H,3-10H2,1-2H3. The topological polar surface area (TPSA) is 57.6 Å². The van der Waals surface area contributed by atoms with Gasteiger partial charge in [0.25, 0.3) is 0 Å². The van der Waals surface area contributed by atoms with Gasteiger partial charge in [0.05, 0.1) is 17.6 Å². The van der Waals surface area contributed by atoms with Gasteiger partial charge in [0.2, 0.25) is 11.8 Å². The van der Waals surface area contributed by atoms with Gasteiger partial charge in [0.15, 0.2) is 0 Å². The predicted molar refractivity (Wildman–Crippen MR) is 67.8 cm³/mol. The highest BCUT2D eigenvalue weighted by Crippen LogP contribution is 2.46. The maximum absolute atomic E-state index is 12.6. The van der Waals surface area contributed by atoms with Crippen molar-refractivity contribution in [1.82, 2.24) is 4.90 Å². The largest absolute Gasteiger partial charge is 0.394 e. The maximum atomic E-state index is 12.6. The van der Waals surface area contributed by atoms with E-state index >= 15 is 0 Å². The van der Waals surface area contributed by atoms with Crippen LogP contribution in [0.4, 0.5) is 0 Å². The molecule has 1 N–H and O–H groups in total. The van der Waals surface area contributed by atoms with E-state index in [0.29, 0.717) is 6.42 Å². The highest BCUT2D eigenvalue weighted by atomic mass is 16.3. The number of hydrogen-bond acceptors (Lipinski definition) is 3. The van der Waals surface area contributed by atoms with Crippen molar-refractivity contribution in [2.45, 2.75) is 64.3 Å². The fourth-order valence-electron chi connectivity index (χ4n) is 3.27. The summed E-state index contributed by atoms with van der Waals surface area (Å²) in [7, 11) is 0. The molecule has 1 saturated carbocycles. The smallest absolute Gasteiger partial charge is 0.236 e. The number of amides is 2. The van der Waals surface area contributed by atoms with Gasteiger partial charge in [-0.25, -0.2) is 0 Å². The molecule has 102 valence electrons. The van der Waals surface area contributed by atoms with Crippen LogP contribution in [-0.2, 0) is 9.59 Å². The van der Waals surface area contributed by atoms with E-state index in [1.807, 2.05) is 0 Å². The number of aliphatic hydroxyl groups is 1. The van der Waals surface area contributed by atoms with Crippen LogP contribution in [0.2, 0.25) is 0 Å². The molecule has 2 aliphatic rings. The summed E-state index contributed by atoms with van der Waals surface area (Å²) in [4.78, 5) is 26.1. The molecule has 0 aromatic carbocycles. The molecule has 2 fully saturated rings. The van der Waals surface area contributed by atoms with E-state index in [1.165, 1.54) is 4.90 Å². The van der Waals surface area contributed by atoms with Crippen molar-refractivity contribution in [3.05, 3.63) is 0 Å². The molecular weight excluding hydrogens is 230 g/mol. The van der Waals surface area contributed by atoms with E-state index in [1.54, 1.807) is 13.8 Å². The second-order valence-electron chi connectivity index (χ2n) is 6.38. The van der Waals surface area contributed by atoms with Crippen molar-refractivity contribution < 1.29 is 14.7 Å². The molecule has 1 aliphatic heterocycles. The van der Waals surface area contributed by atoms with Crippen LogP contribution >= 0.6 is 0 Å². The number of carbonyl (C=O) groups is 2. The molecule has 0 aromatic heterocycles. The highest BCUT2D eigenvalue weighted by Gasteiger charge is 2.54. The summed E-state index contributed by atoms with van der Waals surface area (Å²) in [6.45, 7) is 3.32. The molecule has 2 rings (SSSR count). The lowest BCUT2D eigenvalue weighted by atomic mass is 9.79. The lowest BCUT2D eigenvalue weighted by molar-refractivity contribution is -0.149. The molecule has 0 atom stereocenters. The van der Waals surface area contributed by atoms with Crippen LogP contribution in [0.1, 0.15) is 58.8 Å². The predicted octanol–water partition coefficient (Wildman–Crippen LogP) is 1.86. The van der Waals surface area contributed by atoms with Crippen LogP contribution in [0.25, 0.3) is 0 Å². The molecule has 1 aliphatic carbocycles. The number of rotatable bonds is 2. The Kier molecular flexibility index (Phi) is 3.49. The van der Waals surface area contributed by atoms with E-state index in [4.69, 9.17) is 0 Å². The quantitative estimate of drug-likeness (QED) is 0.764. The monoisotopic (exact) mass is 253 g/mol. The van der Waals surface area contributed by atoms with Gasteiger partial charge in [-0.2, -0.15) is 0 Å². The molecule has 0 aromatic rings. The van der Waals surface area contributed by atoms with E-state index in [9.17, 15) is 14.7 Å². The van der Waals surface area contributed by atoms with E-state index in [-0.39, 0.29) is 18.4 Å². The second-order valence-corrected chi connectivity index (χ2v) is 6.38. The van der Waals surface area contributed by atoms with Gasteiger partial charge in [0, 0.05) is 6.42 Å². The Labute approximate surface area is 108 Å². The van der Waals surface area contributed by atoms with Crippen molar-refractivity contribution in [2.24, 2.45) is 5.41 Å². The Morgan fingerprint density at radius 2 is 1.72 bits per heavy atom. The minimum atomic E-state index is -0.774. The van der Waals surface area contributed by atoms with Gasteiger partial charge in [-0.3, -0.25) is 14.5 Å². The Morgan fingerprint density at radius 1 is 1.17 bits per heavy atom. The lowest BCUT2D eigenvalue weighted by Crippen LogP contribution is -2.51. The first-order chi connectivity index (χ1) is 8.43. The van der Waals surface area contributed by atoms with Crippen molar-refractivity contribution in [2.75, 3.05) is 6.61 Å². The van der Waals surface area contributed by atoms with Crippen LogP contribution in [0.3, 0.4) is 0 Å². The van der Waals surface area contributed by atoms with Gasteiger partial charge >= 0.3 is 0 Å². The Morgan fingerprint density at radius 3 is 2.22 bits per heavy atom. The molecule has 0 unspecified atom stereocenters. The summed E-state index contributed by atoms with van der Waals surface area (Å²) >= 11 is 0. The van der Waals surface area contributed by atoms with Crippen molar-refractivity contribution in [3.8, 4) is 0 Å². The molecule has 2 amide bonds. The maximum Gasteiger partial charge on any atom is 0.236 e. The van der Waals surface area contributed by atoms with Crippen molar-refractivity contribution in [3.63, 3.8) is 0 Å². The summed E-state index contributed by atoms with van der Waals surface area (Å²) in [6.07, 6.45) is 6.39. The Balaban J connectivity index is 2.28. The lowest BCUT2D eigenvalue weighted by Gasteiger charge is -2.34. The van der Waals surface area contributed by atoms with Crippen LogP contribution in [-0.4, -0.2) is 34.0 Å². The molecule has 4 nitrogen and oxygen atoms in total. The highest BCUT2D eigenvalue weighted by molar-refractivity contribution is 6.06. The molecule has 0 radical (unpaired) electrons. The number of imide groups is 1. The first-order valence-corrected chi connectivity index (χ1v) is 6.91. The normalized spacial score (nSPS) is 24.7.